The van der Waals surface area contributed by atoms with E-state index < -0.39 is 28.7 Å². The molecule has 2 aliphatic rings. The van der Waals surface area contributed by atoms with E-state index in [0.29, 0.717) is 28.2 Å². The highest BCUT2D eigenvalue weighted by molar-refractivity contribution is 6.22. The van der Waals surface area contributed by atoms with E-state index in [-0.39, 0.29) is 5.56 Å². The fourth-order valence-electron chi connectivity index (χ4n) is 6.27. The largest absolute Gasteiger partial charge is 0.504 e. The molecule has 0 radical (unpaired) electrons. The second-order valence-corrected chi connectivity index (χ2v) is 10.4. The molecule has 0 aromatic heterocycles. The Kier molecular flexibility index (Phi) is 5.61. The number of rotatable bonds is 3. The van der Waals surface area contributed by atoms with Crippen LogP contribution in [0.15, 0.2) is 115 Å². The normalized spacial score (nSPS) is 17.6. The van der Waals surface area contributed by atoms with E-state index in [9.17, 15) is 25.5 Å². The van der Waals surface area contributed by atoms with Gasteiger partial charge in [-0.1, -0.05) is 115 Å². The van der Waals surface area contributed by atoms with Crippen molar-refractivity contribution in [3.05, 3.63) is 121 Å². The van der Waals surface area contributed by atoms with E-state index >= 15 is 0 Å². The van der Waals surface area contributed by atoms with Gasteiger partial charge in [0.15, 0.2) is 11.5 Å². The quantitative estimate of drug-likeness (QED) is 0.0906. The predicted octanol–water partition coefficient (Wildman–Crippen LogP) is 8.17. The summed E-state index contributed by atoms with van der Waals surface area (Å²) in [7, 11) is 0. The summed E-state index contributed by atoms with van der Waals surface area (Å²) < 4.78 is 0. The van der Waals surface area contributed by atoms with E-state index in [0.717, 1.165) is 27.5 Å². The maximum Gasteiger partial charge on any atom is 0.208 e. The first kappa shape index (κ1) is 24.6. The Hall–Kier alpha value is -5.42. The number of allylic oxidation sites excluding steroid dienone is 8. The third-order valence-electron chi connectivity index (χ3n) is 8.21. The van der Waals surface area contributed by atoms with Crippen molar-refractivity contribution in [1.82, 2.24) is 0 Å². The molecule has 200 valence electrons. The molecule has 0 saturated carbocycles. The van der Waals surface area contributed by atoms with Crippen molar-refractivity contribution >= 4 is 27.1 Å². The van der Waals surface area contributed by atoms with Gasteiger partial charge in [-0.25, -0.2) is 0 Å². The minimum absolute atomic E-state index is 0.159. The van der Waals surface area contributed by atoms with Crippen molar-refractivity contribution in [2.45, 2.75) is 0 Å². The topological polar surface area (TPSA) is 101 Å². The highest BCUT2D eigenvalue weighted by atomic mass is 16.4. The maximum absolute atomic E-state index is 10.9. The lowest BCUT2D eigenvalue weighted by atomic mass is 9.77. The fourth-order valence-corrected chi connectivity index (χ4v) is 6.27. The van der Waals surface area contributed by atoms with Crippen LogP contribution in [-0.2, 0) is 0 Å². The molecule has 2 aliphatic carbocycles. The number of phenolic OH excluding ortho intramolecular Hbond substituents is 5. The van der Waals surface area contributed by atoms with Crippen LogP contribution >= 0.6 is 0 Å². The molecule has 0 spiro atoms. The third kappa shape index (κ3) is 3.70. The molecule has 0 heterocycles. The molecule has 7 rings (SSSR count). The van der Waals surface area contributed by atoms with Gasteiger partial charge in [0.05, 0.1) is 5.56 Å². The van der Waals surface area contributed by atoms with Crippen molar-refractivity contribution in [2.24, 2.45) is 11.8 Å². The van der Waals surface area contributed by atoms with Crippen molar-refractivity contribution in [3.63, 3.8) is 0 Å². The van der Waals surface area contributed by atoms with Crippen LogP contribution < -0.4 is 0 Å². The van der Waals surface area contributed by atoms with Crippen molar-refractivity contribution in [3.8, 4) is 51.0 Å². The highest BCUT2D eigenvalue weighted by Gasteiger charge is 2.28. The Labute approximate surface area is 236 Å². The van der Waals surface area contributed by atoms with E-state index in [1.54, 1.807) is 0 Å². The van der Waals surface area contributed by atoms with Crippen LogP contribution in [0.4, 0.5) is 0 Å². The first-order valence-electron chi connectivity index (χ1n) is 13.4. The molecule has 2 atom stereocenters. The lowest BCUT2D eigenvalue weighted by Crippen LogP contribution is -2.14. The first-order valence-corrected chi connectivity index (χ1v) is 13.4. The lowest BCUT2D eigenvalue weighted by molar-refractivity contribution is 0.330. The number of benzene rings is 5. The molecule has 5 N–H and O–H groups in total. The van der Waals surface area contributed by atoms with Crippen LogP contribution in [0.5, 0.6) is 28.7 Å². The van der Waals surface area contributed by atoms with Crippen LogP contribution in [0.3, 0.4) is 0 Å². The van der Waals surface area contributed by atoms with Gasteiger partial charge in [-0.15, -0.1) is 0 Å². The minimum Gasteiger partial charge on any atom is -0.504 e. The summed E-state index contributed by atoms with van der Waals surface area (Å²) in [6.07, 6.45) is 15.2. The number of aromatic hydroxyl groups is 5. The summed E-state index contributed by atoms with van der Waals surface area (Å²) in [4.78, 5) is 0. The molecular weight excluding hydrogens is 512 g/mol. The number of hydrogen-bond acceptors (Lipinski definition) is 5. The minimum atomic E-state index is -0.983. The summed E-state index contributed by atoms with van der Waals surface area (Å²) in [5, 5.41) is 55.6. The van der Waals surface area contributed by atoms with Gasteiger partial charge in [0.25, 0.3) is 0 Å². The molecule has 0 amide bonds. The Bertz CT molecular complexity index is 1910. The molecule has 0 bridgehead atoms. The zero-order valence-corrected chi connectivity index (χ0v) is 21.9. The average Bonchev–Trinajstić information content (AvgIpc) is 3.02. The number of fused-ring (bicyclic) bond motifs is 3. The second kappa shape index (κ2) is 9.35. The third-order valence-corrected chi connectivity index (χ3v) is 8.21. The Morgan fingerprint density at radius 1 is 0.415 bits per heavy atom. The second-order valence-electron chi connectivity index (χ2n) is 10.4. The highest BCUT2D eigenvalue weighted by Crippen LogP contribution is 2.57. The molecule has 5 aromatic carbocycles. The summed E-state index contributed by atoms with van der Waals surface area (Å²) in [6, 6.07) is 23.8. The first-order chi connectivity index (χ1) is 20.0. The van der Waals surface area contributed by atoms with Gasteiger partial charge in [-0.2, -0.15) is 0 Å². The molecule has 41 heavy (non-hydrogen) atoms. The maximum atomic E-state index is 10.9. The fraction of sp³-hybridized carbons (Fsp3) is 0.0556. The molecule has 0 aliphatic heterocycles. The van der Waals surface area contributed by atoms with E-state index in [2.05, 4.69) is 66.8 Å². The van der Waals surface area contributed by atoms with Gasteiger partial charge in [-0.3, -0.25) is 0 Å². The van der Waals surface area contributed by atoms with Gasteiger partial charge in [-0.05, 0) is 43.8 Å². The van der Waals surface area contributed by atoms with Crippen LogP contribution in [0.2, 0.25) is 0 Å². The molecule has 5 nitrogen and oxygen atoms in total. The predicted molar refractivity (Wildman–Crippen MR) is 163 cm³/mol. The molecule has 5 heteroatoms. The van der Waals surface area contributed by atoms with Gasteiger partial charge >= 0.3 is 0 Å². The number of hydrogen-bond donors (Lipinski definition) is 5. The molecule has 0 fully saturated rings. The van der Waals surface area contributed by atoms with Gasteiger partial charge in [0.1, 0.15) is 0 Å². The standard InChI is InChI=1S/C36H26O5/c37-32-31(33(38)35(40)36(41)34(32)39)30-27-13-5-3-11-25(27)29(26-12-4-6-14-28(26)30)22-18-16-21(17-19-22)24-15-7-9-20-8-1-2-10-23(20)24/h1-20,23,37-41H. The Morgan fingerprint density at radius 3 is 1.46 bits per heavy atom. The van der Waals surface area contributed by atoms with Crippen molar-refractivity contribution in [2.75, 3.05) is 0 Å². The monoisotopic (exact) mass is 538 g/mol. The molecule has 2 unspecified atom stereocenters. The Balaban J connectivity index is 1.46. The van der Waals surface area contributed by atoms with Crippen LogP contribution in [-0.4, -0.2) is 25.5 Å². The zero-order valence-electron chi connectivity index (χ0n) is 21.9. The van der Waals surface area contributed by atoms with E-state index in [1.807, 2.05) is 48.5 Å². The molecule has 5 aromatic rings. The van der Waals surface area contributed by atoms with Gasteiger partial charge in [0, 0.05) is 17.4 Å². The zero-order chi connectivity index (χ0) is 28.2. The summed E-state index contributed by atoms with van der Waals surface area (Å²) in [5.41, 5.74) is 4.68. The average molecular weight is 539 g/mol. The summed E-state index contributed by atoms with van der Waals surface area (Å²) in [5.74, 6) is -3.57. The number of phenols is 5. The smallest absolute Gasteiger partial charge is 0.208 e. The van der Waals surface area contributed by atoms with Gasteiger partial charge in [0.2, 0.25) is 17.2 Å². The van der Waals surface area contributed by atoms with Crippen molar-refractivity contribution in [1.29, 1.82) is 0 Å². The summed E-state index contributed by atoms with van der Waals surface area (Å²) in [6.45, 7) is 0. The lowest BCUT2D eigenvalue weighted by Gasteiger charge is -2.27. The summed E-state index contributed by atoms with van der Waals surface area (Å²) >= 11 is 0. The molecule has 0 saturated heterocycles. The van der Waals surface area contributed by atoms with Crippen LogP contribution in [0, 0.1) is 11.8 Å². The van der Waals surface area contributed by atoms with Gasteiger partial charge < -0.3 is 25.5 Å². The van der Waals surface area contributed by atoms with E-state index in [4.69, 9.17) is 0 Å². The van der Waals surface area contributed by atoms with Crippen LogP contribution in [0.1, 0.15) is 5.56 Å². The Morgan fingerprint density at radius 2 is 0.878 bits per heavy atom. The van der Waals surface area contributed by atoms with E-state index in [1.165, 1.54) is 5.57 Å². The molecular formula is C36H26O5. The van der Waals surface area contributed by atoms with Crippen LogP contribution in [0.25, 0.3) is 49.4 Å². The SMILES string of the molecule is Oc1c(O)c(O)c(-c2c3ccccc3c(-c3ccc(C4=CC=CC5C=CC=CC45)cc3)c3ccccc23)c(O)c1O. The van der Waals surface area contributed by atoms with Crippen molar-refractivity contribution < 1.29 is 25.5 Å².